The number of nitrogens with one attached hydrogen (secondary N) is 1. The summed E-state index contributed by atoms with van der Waals surface area (Å²) in [7, 11) is 0. The van der Waals surface area contributed by atoms with Crippen LogP contribution in [0.4, 0.5) is 5.82 Å². The Morgan fingerprint density at radius 3 is 2.71 bits per heavy atom. The van der Waals surface area contributed by atoms with Crippen LogP contribution in [0.2, 0.25) is 0 Å². The predicted octanol–water partition coefficient (Wildman–Crippen LogP) is 2.83. The average molecular weight is 278 g/mol. The Morgan fingerprint density at radius 2 is 1.95 bits per heavy atom. The summed E-state index contributed by atoms with van der Waals surface area (Å²) in [5, 5.41) is 7.13. The molecular weight excluding hydrogens is 264 g/mol. The number of amides is 1. The smallest absolute Gasteiger partial charge is 0.258 e. The molecule has 3 rings (SSSR count). The van der Waals surface area contributed by atoms with Crippen LogP contribution in [0, 0.1) is 6.92 Å². The van der Waals surface area contributed by atoms with Crippen molar-refractivity contribution in [1.29, 1.82) is 0 Å². The minimum Gasteiger partial charge on any atom is -0.306 e. The Balaban J connectivity index is 1.90. The fourth-order valence-electron chi connectivity index (χ4n) is 2.08. The van der Waals surface area contributed by atoms with Crippen LogP contribution in [0.25, 0.3) is 5.69 Å². The van der Waals surface area contributed by atoms with E-state index in [0.29, 0.717) is 11.4 Å². The zero-order valence-electron chi connectivity index (χ0n) is 11.5. The number of aryl methyl sites for hydroxylation is 1. The summed E-state index contributed by atoms with van der Waals surface area (Å²) in [6.45, 7) is 2.00. The second-order valence-corrected chi connectivity index (χ2v) is 4.61. The molecule has 0 saturated carbocycles. The molecule has 104 valence electrons. The van der Waals surface area contributed by atoms with Crippen molar-refractivity contribution in [3.63, 3.8) is 0 Å². The zero-order valence-corrected chi connectivity index (χ0v) is 11.5. The second kappa shape index (κ2) is 5.58. The third-order valence-corrected chi connectivity index (χ3v) is 3.15. The molecule has 0 fully saturated rings. The molecule has 2 heterocycles. The molecule has 21 heavy (non-hydrogen) atoms. The first-order chi connectivity index (χ1) is 10.3. The zero-order chi connectivity index (χ0) is 14.7. The molecule has 0 aliphatic rings. The van der Waals surface area contributed by atoms with Crippen molar-refractivity contribution in [2.45, 2.75) is 6.92 Å². The van der Waals surface area contributed by atoms with Gasteiger partial charge in [-0.05, 0) is 30.7 Å². The lowest BCUT2D eigenvalue weighted by atomic mass is 10.2. The maximum atomic E-state index is 12.2. The first-order valence-corrected chi connectivity index (χ1v) is 6.57. The molecular formula is C16H14N4O. The minimum absolute atomic E-state index is 0.210. The standard InChI is InChI=1S/C16H14N4O/c1-12-5-2-3-7-14(12)20-15(8-10-18-20)19-16(21)13-6-4-9-17-11-13/h2-11H,1H3,(H,19,21). The van der Waals surface area contributed by atoms with Crippen molar-refractivity contribution in [2.24, 2.45) is 0 Å². The maximum Gasteiger partial charge on any atom is 0.258 e. The van der Waals surface area contributed by atoms with Crippen molar-refractivity contribution in [3.05, 3.63) is 72.2 Å². The quantitative estimate of drug-likeness (QED) is 0.801. The van der Waals surface area contributed by atoms with Gasteiger partial charge in [-0.2, -0.15) is 5.10 Å². The van der Waals surface area contributed by atoms with E-state index in [-0.39, 0.29) is 5.91 Å². The van der Waals surface area contributed by atoms with E-state index in [0.717, 1.165) is 11.3 Å². The first-order valence-electron chi connectivity index (χ1n) is 6.57. The number of nitrogens with zero attached hydrogens (tertiary/aromatic N) is 3. The molecule has 0 unspecified atom stereocenters. The molecule has 0 radical (unpaired) electrons. The molecule has 1 amide bonds. The summed E-state index contributed by atoms with van der Waals surface area (Å²) in [6.07, 6.45) is 4.82. The van der Waals surface area contributed by atoms with Gasteiger partial charge in [0, 0.05) is 18.5 Å². The van der Waals surface area contributed by atoms with Crippen LogP contribution >= 0.6 is 0 Å². The Morgan fingerprint density at radius 1 is 1.10 bits per heavy atom. The summed E-state index contributed by atoms with van der Waals surface area (Å²) >= 11 is 0. The molecule has 0 aliphatic carbocycles. The number of para-hydroxylation sites is 1. The number of anilines is 1. The largest absolute Gasteiger partial charge is 0.306 e. The lowest BCUT2D eigenvalue weighted by Crippen LogP contribution is -2.15. The van der Waals surface area contributed by atoms with Gasteiger partial charge in [-0.25, -0.2) is 4.68 Å². The minimum atomic E-state index is -0.210. The maximum absolute atomic E-state index is 12.2. The normalized spacial score (nSPS) is 10.3. The van der Waals surface area contributed by atoms with Crippen molar-refractivity contribution in [1.82, 2.24) is 14.8 Å². The van der Waals surface area contributed by atoms with Gasteiger partial charge in [0.15, 0.2) is 0 Å². The molecule has 0 saturated heterocycles. The topological polar surface area (TPSA) is 59.8 Å². The van der Waals surface area contributed by atoms with E-state index in [2.05, 4.69) is 15.4 Å². The molecule has 0 atom stereocenters. The number of pyridine rings is 1. The van der Waals surface area contributed by atoms with E-state index in [1.807, 2.05) is 31.2 Å². The summed E-state index contributed by atoms with van der Waals surface area (Å²) < 4.78 is 1.71. The number of benzene rings is 1. The molecule has 5 heteroatoms. The van der Waals surface area contributed by atoms with Gasteiger partial charge in [-0.15, -0.1) is 0 Å². The molecule has 3 aromatic rings. The molecule has 0 spiro atoms. The van der Waals surface area contributed by atoms with Gasteiger partial charge in [0.2, 0.25) is 0 Å². The highest BCUT2D eigenvalue weighted by Crippen LogP contribution is 2.18. The van der Waals surface area contributed by atoms with Gasteiger partial charge < -0.3 is 5.32 Å². The molecule has 1 N–H and O–H groups in total. The van der Waals surface area contributed by atoms with E-state index in [1.165, 1.54) is 6.20 Å². The Kier molecular flexibility index (Phi) is 3.47. The van der Waals surface area contributed by atoms with Gasteiger partial charge in [-0.3, -0.25) is 9.78 Å². The summed E-state index contributed by atoms with van der Waals surface area (Å²) in [5.74, 6) is 0.414. The summed E-state index contributed by atoms with van der Waals surface area (Å²) in [6, 6.07) is 13.1. The van der Waals surface area contributed by atoms with Gasteiger partial charge in [0.05, 0.1) is 17.4 Å². The lowest BCUT2D eigenvalue weighted by Gasteiger charge is -2.11. The fraction of sp³-hybridized carbons (Fsp3) is 0.0625. The third kappa shape index (κ3) is 2.67. The van der Waals surface area contributed by atoms with E-state index < -0.39 is 0 Å². The van der Waals surface area contributed by atoms with E-state index >= 15 is 0 Å². The monoisotopic (exact) mass is 278 g/mol. The van der Waals surface area contributed by atoms with E-state index in [1.54, 1.807) is 35.3 Å². The van der Waals surface area contributed by atoms with Crippen LogP contribution in [0.15, 0.2) is 61.1 Å². The van der Waals surface area contributed by atoms with Gasteiger partial charge in [-0.1, -0.05) is 18.2 Å². The highest BCUT2D eigenvalue weighted by molar-refractivity contribution is 6.03. The van der Waals surface area contributed by atoms with Crippen LogP contribution < -0.4 is 5.32 Å². The first kappa shape index (κ1) is 13.1. The van der Waals surface area contributed by atoms with Crippen LogP contribution in [0.3, 0.4) is 0 Å². The molecule has 5 nitrogen and oxygen atoms in total. The van der Waals surface area contributed by atoms with Gasteiger partial charge in [0.25, 0.3) is 5.91 Å². The van der Waals surface area contributed by atoms with Gasteiger partial charge in [0.1, 0.15) is 5.82 Å². The van der Waals surface area contributed by atoms with Crippen molar-refractivity contribution < 1.29 is 4.79 Å². The number of hydrogen-bond donors (Lipinski definition) is 1. The average Bonchev–Trinajstić information content (AvgIpc) is 2.96. The van der Waals surface area contributed by atoms with Crippen molar-refractivity contribution in [3.8, 4) is 5.69 Å². The number of carbonyl (C=O) groups is 1. The van der Waals surface area contributed by atoms with Crippen LogP contribution in [0.5, 0.6) is 0 Å². The fourth-order valence-corrected chi connectivity index (χ4v) is 2.08. The highest BCUT2D eigenvalue weighted by Gasteiger charge is 2.11. The number of carbonyl (C=O) groups excluding carboxylic acids is 1. The van der Waals surface area contributed by atoms with Crippen LogP contribution in [0.1, 0.15) is 15.9 Å². The van der Waals surface area contributed by atoms with Crippen molar-refractivity contribution >= 4 is 11.7 Å². The highest BCUT2D eigenvalue weighted by atomic mass is 16.1. The third-order valence-electron chi connectivity index (χ3n) is 3.15. The SMILES string of the molecule is Cc1ccccc1-n1nccc1NC(=O)c1cccnc1. The predicted molar refractivity (Wildman–Crippen MR) is 80.5 cm³/mol. The van der Waals surface area contributed by atoms with Gasteiger partial charge >= 0.3 is 0 Å². The summed E-state index contributed by atoms with van der Waals surface area (Å²) in [4.78, 5) is 16.1. The molecule has 0 bridgehead atoms. The molecule has 1 aromatic carbocycles. The van der Waals surface area contributed by atoms with E-state index in [4.69, 9.17) is 0 Å². The molecule has 0 aliphatic heterocycles. The number of aromatic nitrogens is 3. The Labute approximate surface area is 122 Å². The van der Waals surface area contributed by atoms with Crippen LogP contribution in [-0.4, -0.2) is 20.7 Å². The number of rotatable bonds is 3. The lowest BCUT2D eigenvalue weighted by molar-refractivity contribution is 0.102. The summed E-state index contributed by atoms with van der Waals surface area (Å²) in [5.41, 5.74) is 2.53. The Bertz CT molecular complexity index is 765. The molecule has 2 aromatic heterocycles. The second-order valence-electron chi connectivity index (χ2n) is 4.61. The van der Waals surface area contributed by atoms with Crippen LogP contribution in [-0.2, 0) is 0 Å². The number of hydrogen-bond acceptors (Lipinski definition) is 3. The Hall–Kier alpha value is -2.95. The van der Waals surface area contributed by atoms with Crippen molar-refractivity contribution in [2.75, 3.05) is 5.32 Å². The van der Waals surface area contributed by atoms with E-state index in [9.17, 15) is 4.79 Å².